The van der Waals surface area contributed by atoms with Crippen LogP contribution in [0, 0.1) is 0 Å². The molecule has 0 aromatic heterocycles. The van der Waals surface area contributed by atoms with Gasteiger partial charge in [0.15, 0.2) is 46.9 Å². The highest BCUT2D eigenvalue weighted by Crippen LogP contribution is 2.33. The number of hydrogen-bond acceptors (Lipinski definition) is 10. The summed E-state index contributed by atoms with van der Waals surface area (Å²) in [4.78, 5) is 23.7. The van der Waals surface area contributed by atoms with Gasteiger partial charge < -0.3 is 36.7 Å². The van der Waals surface area contributed by atoms with E-state index in [1.807, 2.05) is 24.3 Å². The van der Waals surface area contributed by atoms with E-state index >= 15 is 0 Å². The second-order valence-electron chi connectivity index (χ2n) is 14.8. The number of methoxy groups -OCH3 is 1. The molecule has 0 aliphatic heterocycles. The minimum absolute atomic E-state index is 0. The Morgan fingerprint density at radius 3 is 1.00 bits per heavy atom. The number of carbonyl (C=O) groups is 2. The van der Waals surface area contributed by atoms with Crippen molar-refractivity contribution in [2.75, 3.05) is 26.9 Å². The molecule has 0 radical (unpaired) electrons. The molecule has 390 valence electrons. The molecule has 0 spiro atoms. The largest absolute Gasteiger partial charge is 0.515 e. The molecule has 0 aliphatic carbocycles. The quantitative estimate of drug-likeness (QED) is 0.0500. The number of ether oxygens (including phenoxy) is 6. The molecule has 0 aliphatic rings. The first-order chi connectivity index (χ1) is 22.6. The van der Waals surface area contributed by atoms with Gasteiger partial charge in [-0.3, -0.25) is 0 Å². The monoisotopic (exact) mass is 979 g/mol. The summed E-state index contributed by atoms with van der Waals surface area (Å²) in [7, 11) is -4.80. The fourth-order valence-corrected chi connectivity index (χ4v) is 19.0. The van der Waals surface area contributed by atoms with Crippen LogP contribution in [0.25, 0.3) is 0 Å². The standard InChI is InChI=1S/C27H40O9Si2.C8H22OSi2.14CH4/c1-9-37(5,6)36-38(7,8)20-31-19-33-26(29)35-24-16-12-22(13-17-24)27(2,3)21-10-14-23(15-11-21)34-25(28)32-18-30-4;1-7-10(3,4)9-11(5,6)8-2;;;;;;;;;;;;;;/h10-17H,9,18-20H2,1-8H3;7-8H2,1-6H3;14*1H4. The van der Waals surface area contributed by atoms with Gasteiger partial charge in [0.05, 0.1) is 6.23 Å². The van der Waals surface area contributed by atoms with Crippen molar-refractivity contribution >= 4 is 45.6 Å². The topological polar surface area (TPSA) is 108 Å². The molecule has 2 aromatic carbocycles. The summed E-state index contributed by atoms with van der Waals surface area (Å²) in [6.07, 6.45) is -1.23. The summed E-state index contributed by atoms with van der Waals surface area (Å²) in [5.74, 6) is 0.726. The van der Waals surface area contributed by atoms with Gasteiger partial charge in [-0.05, 0) is 106 Å². The van der Waals surface area contributed by atoms with Crippen LogP contribution < -0.4 is 9.47 Å². The molecule has 63 heavy (non-hydrogen) atoms. The average molecular weight is 980 g/mol. The molecule has 0 bridgehead atoms. The maximum atomic E-state index is 12.1. The van der Waals surface area contributed by atoms with Crippen molar-refractivity contribution in [2.45, 2.75) is 215 Å². The minimum atomic E-state index is -2.00. The molecular formula is C49H118O10Si4. The zero-order chi connectivity index (χ0) is 37.5. The van der Waals surface area contributed by atoms with Crippen molar-refractivity contribution in [1.29, 1.82) is 0 Å². The summed E-state index contributed by atoms with van der Waals surface area (Å²) >= 11 is 0. The fourth-order valence-electron chi connectivity index (χ4n) is 4.52. The molecule has 14 heteroatoms. The predicted octanol–water partition coefficient (Wildman–Crippen LogP) is 19.0. The Labute approximate surface area is 402 Å². The SMILES string of the molecule is C.C.C.C.C.C.C.C.C.C.C.C.C.C.CC[Si](C)(C)O[Si](C)(C)CC.CC[Si](C)(C)O[Si](C)(C)COCOC(=O)Oc1ccc(C(C)(C)c2ccc(OC(=O)OCOC)cc2)cc1. The van der Waals surface area contributed by atoms with E-state index < -0.39 is 45.6 Å². The second-order valence-corrected chi connectivity index (χ2v) is 33.0. The molecule has 10 nitrogen and oxygen atoms in total. The van der Waals surface area contributed by atoms with Gasteiger partial charge in [0, 0.05) is 12.5 Å². The molecule has 0 saturated carbocycles. The first-order valence-corrected chi connectivity index (χ1v) is 29.4. The summed E-state index contributed by atoms with van der Waals surface area (Å²) in [6, 6.07) is 17.9. The third kappa shape index (κ3) is 39.8. The van der Waals surface area contributed by atoms with Crippen molar-refractivity contribution in [3.63, 3.8) is 0 Å². The average Bonchev–Trinajstić information content (AvgIpc) is 3.02. The first-order valence-electron chi connectivity index (χ1n) is 17.0. The van der Waals surface area contributed by atoms with Gasteiger partial charge in [-0.25, -0.2) is 9.59 Å². The van der Waals surface area contributed by atoms with Crippen LogP contribution in [0.15, 0.2) is 48.5 Å². The molecule has 2 aromatic rings. The lowest BCUT2D eigenvalue weighted by Crippen LogP contribution is -2.47. The van der Waals surface area contributed by atoms with Gasteiger partial charge in [0.1, 0.15) is 11.5 Å². The van der Waals surface area contributed by atoms with E-state index in [0.717, 1.165) is 17.2 Å². The van der Waals surface area contributed by atoms with Crippen molar-refractivity contribution in [1.82, 2.24) is 0 Å². The van der Waals surface area contributed by atoms with Crippen LogP contribution in [-0.2, 0) is 32.6 Å². The first kappa shape index (κ1) is 99.2. The number of rotatable bonds is 17. The van der Waals surface area contributed by atoms with Crippen LogP contribution in [0.4, 0.5) is 9.59 Å². The van der Waals surface area contributed by atoms with Gasteiger partial charge in [-0.2, -0.15) is 0 Å². The Morgan fingerprint density at radius 1 is 0.460 bits per heavy atom. The molecule has 0 heterocycles. The Bertz CT molecular complexity index is 1270. The van der Waals surface area contributed by atoms with Gasteiger partial charge >= 0.3 is 12.3 Å². The van der Waals surface area contributed by atoms with E-state index in [1.165, 1.54) is 19.2 Å². The van der Waals surface area contributed by atoms with Crippen LogP contribution >= 0.6 is 0 Å². The van der Waals surface area contributed by atoms with Gasteiger partial charge in [-0.1, -0.05) is 163 Å². The fraction of sp³-hybridized carbons (Fsp3) is 0.714. The van der Waals surface area contributed by atoms with Crippen LogP contribution in [0.2, 0.25) is 70.5 Å². The van der Waals surface area contributed by atoms with E-state index in [0.29, 0.717) is 17.7 Å². The van der Waals surface area contributed by atoms with Crippen LogP contribution in [-0.4, -0.2) is 72.5 Å². The predicted molar refractivity (Wildman–Crippen MR) is 300 cm³/mol. The molecule has 0 N–H and O–H groups in total. The Kier molecular flexibility index (Phi) is 70.6. The van der Waals surface area contributed by atoms with E-state index in [9.17, 15) is 9.59 Å². The maximum absolute atomic E-state index is 12.1. The zero-order valence-electron chi connectivity index (χ0n) is 32.4. The van der Waals surface area contributed by atoms with Crippen LogP contribution in [0.3, 0.4) is 0 Å². The lowest BCUT2D eigenvalue weighted by atomic mass is 9.78. The van der Waals surface area contributed by atoms with E-state index in [-0.39, 0.29) is 123 Å². The molecular weight excluding hydrogens is 861 g/mol. The van der Waals surface area contributed by atoms with Gasteiger partial charge in [0.2, 0.25) is 0 Å². The van der Waals surface area contributed by atoms with E-state index in [4.69, 9.17) is 31.9 Å². The lowest BCUT2D eigenvalue weighted by molar-refractivity contribution is -0.0188. The summed E-state index contributed by atoms with van der Waals surface area (Å²) < 4.78 is 42.9. The van der Waals surface area contributed by atoms with E-state index in [2.05, 4.69) is 91.7 Å². The molecule has 0 fully saturated rings. The number of benzene rings is 2. The summed E-state index contributed by atoms with van der Waals surface area (Å²) in [5.41, 5.74) is 1.64. The molecule has 0 atom stereocenters. The Morgan fingerprint density at radius 2 is 0.730 bits per heavy atom. The second kappa shape index (κ2) is 44.9. The van der Waals surface area contributed by atoms with E-state index in [1.54, 1.807) is 24.3 Å². The molecule has 2 rings (SSSR count). The third-order valence-electron chi connectivity index (χ3n) is 8.22. The number of hydrogen-bond donors (Lipinski definition) is 0. The summed E-state index contributed by atoms with van der Waals surface area (Å²) in [6.45, 7) is 28.2. The number of carbonyl (C=O) groups excluding carboxylic acids is 2. The third-order valence-corrected chi connectivity index (χ3v) is 23.1. The summed E-state index contributed by atoms with van der Waals surface area (Å²) in [5, 5.41) is 0. The molecule has 0 saturated heterocycles. The highest BCUT2D eigenvalue weighted by molar-refractivity contribution is 6.85. The van der Waals surface area contributed by atoms with Crippen molar-refractivity contribution in [2.24, 2.45) is 0 Å². The Balaban J connectivity index is -0.0000000716. The highest BCUT2D eigenvalue weighted by Gasteiger charge is 2.32. The molecule has 0 amide bonds. The maximum Gasteiger partial charge on any atom is 0.515 e. The van der Waals surface area contributed by atoms with Crippen LogP contribution in [0.5, 0.6) is 11.5 Å². The zero-order valence-corrected chi connectivity index (χ0v) is 36.4. The highest BCUT2D eigenvalue weighted by atomic mass is 28.4. The van der Waals surface area contributed by atoms with Gasteiger partial charge in [-0.15, -0.1) is 0 Å². The minimum Gasteiger partial charge on any atom is -0.456 e. The lowest BCUT2D eigenvalue weighted by Gasteiger charge is -2.32. The van der Waals surface area contributed by atoms with Gasteiger partial charge in [0.25, 0.3) is 0 Å². The normalized spacial score (nSPS) is 9.68. The van der Waals surface area contributed by atoms with Crippen LogP contribution in [0.1, 0.15) is 150 Å². The Hall–Kier alpha value is -2.31. The smallest absolute Gasteiger partial charge is 0.456 e. The van der Waals surface area contributed by atoms with Crippen molar-refractivity contribution in [3.8, 4) is 11.5 Å². The van der Waals surface area contributed by atoms with Crippen molar-refractivity contribution in [3.05, 3.63) is 59.7 Å². The molecule has 0 unspecified atom stereocenters. The van der Waals surface area contributed by atoms with Crippen molar-refractivity contribution < 1.29 is 46.2 Å².